The average Bonchev–Trinajstić information content (AvgIpc) is 1.96. The molecule has 1 nitrogen and oxygen atoms in total. The topological polar surface area (TPSA) is 23.9 Å². The molecule has 58 valence electrons. The Bertz CT molecular complexity index is 296. The molecule has 1 N–H and O–H groups in total. The van der Waals surface area contributed by atoms with Crippen molar-refractivity contribution >= 4 is 22.1 Å². The van der Waals surface area contributed by atoms with E-state index >= 15 is 0 Å². The van der Waals surface area contributed by atoms with Crippen LogP contribution in [0.15, 0.2) is 16.6 Å². The van der Waals surface area contributed by atoms with Crippen LogP contribution in [-0.4, -0.2) is 6.21 Å². The smallest absolute Gasteiger partial charge is 0.134 e. The zero-order valence-corrected chi connectivity index (χ0v) is 7.57. The van der Waals surface area contributed by atoms with E-state index in [2.05, 4.69) is 15.9 Å². The second kappa shape index (κ2) is 3.13. The molecule has 0 saturated carbocycles. The Hall–Kier alpha value is -0.700. The van der Waals surface area contributed by atoms with Gasteiger partial charge in [0.2, 0.25) is 0 Å². The minimum atomic E-state index is -0.316. The maximum atomic E-state index is 13.0. The summed E-state index contributed by atoms with van der Waals surface area (Å²) in [6, 6.07) is 3.26. The van der Waals surface area contributed by atoms with Crippen molar-refractivity contribution in [2.24, 2.45) is 0 Å². The monoisotopic (exact) mass is 215 g/mol. The molecule has 0 saturated heterocycles. The van der Waals surface area contributed by atoms with Gasteiger partial charge in [-0.3, -0.25) is 0 Å². The van der Waals surface area contributed by atoms with Crippen LogP contribution < -0.4 is 0 Å². The Balaban J connectivity index is 3.35. The van der Waals surface area contributed by atoms with Crippen LogP contribution in [-0.2, 0) is 0 Å². The molecule has 0 spiro atoms. The van der Waals surface area contributed by atoms with Gasteiger partial charge < -0.3 is 5.41 Å². The molecule has 0 bridgehead atoms. The van der Waals surface area contributed by atoms with E-state index in [0.717, 1.165) is 10.7 Å². The van der Waals surface area contributed by atoms with Gasteiger partial charge in [0.15, 0.2) is 0 Å². The highest BCUT2D eigenvalue weighted by Crippen LogP contribution is 2.17. The maximum Gasteiger partial charge on any atom is 0.134 e. The zero-order valence-electron chi connectivity index (χ0n) is 5.99. The van der Waals surface area contributed by atoms with Crippen molar-refractivity contribution < 1.29 is 4.39 Å². The SMILES string of the molecule is Cc1cc(Br)cc(C=N)c1F. The van der Waals surface area contributed by atoms with Gasteiger partial charge in [-0.1, -0.05) is 15.9 Å². The average molecular weight is 216 g/mol. The predicted molar refractivity (Wildman–Crippen MR) is 46.7 cm³/mol. The summed E-state index contributed by atoms with van der Waals surface area (Å²) < 4.78 is 13.8. The van der Waals surface area contributed by atoms with Gasteiger partial charge in [0.05, 0.1) is 0 Å². The third-order valence-corrected chi connectivity index (χ3v) is 1.86. The van der Waals surface area contributed by atoms with Crippen LogP contribution in [0.4, 0.5) is 4.39 Å². The van der Waals surface area contributed by atoms with Gasteiger partial charge in [-0.15, -0.1) is 0 Å². The van der Waals surface area contributed by atoms with Crippen LogP contribution in [0.25, 0.3) is 0 Å². The van der Waals surface area contributed by atoms with Crippen molar-refractivity contribution in [3.63, 3.8) is 0 Å². The molecule has 0 atom stereocenters. The molecule has 1 rings (SSSR count). The van der Waals surface area contributed by atoms with Crippen LogP contribution in [0.3, 0.4) is 0 Å². The Morgan fingerprint density at radius 1 is 1.55 bits per heavy atom. The van der Waals surface area contributed by atoms with E-state index in [1.165, 1.54) is 0 Å². The van der Waals surface area contributed by atoms with Crippen molar-refractivity contribution in [2.75, 3.05) is 0 Å². The largest absolute Gasteiger partial charge is 0.308 e. The lowest BCUT2D eigenvalue weighted by atomic mass is 10.1. The molecule has 0 aliphatic carbocycles. The molecule has 1 aromatic rings. The van der Waals surface area contributed by atoms with Crippen LogP contribution >= 0.6 is 15.9 Å². The number of hydrogen-bond acceptors (Lipinski definition) is 1. The van der Waals surface area contributed by atoms with Gasteiger partial charge in [-0.2, -0.15) is 0 Å². The third-order valence-electron chi connectivity index (χ3n) is 1.40. The van der Waals surface area contributed by atoms with Gasteiger partial charge >= 0.3 is 0 Å². The van der Waals surface area contributed by atoms with E-state index in [4.69, 9.17) is 5.41 Å². The summed E-state index contributed by atoms with van der Waals surface area (Å²) in [6.07, 6.45) is 1.01. The first-order valence-corrected chi connectivity index (χ1v) is 3.90. The van der Waals surface area contributed by atoms with E-state index < -0.39 is 0 Å². The minimum Gasteiger partial charge on any atom is -0.308 e. The summed E-state index contributed by atoms with van der Waals surface area (Å²) >= 11 is 3.22. The van der Waals surface area contributed by atoms with Crippen molar-refractivity contribution in [3.8, 4) is 0 Å². The van der Waals surface area contributed by atoms with E-state index in [1.807, 2.05) is 0 Å². The molecular formula is C8H7BrFN. The first-order chi connectivity index (χ1) is 5.15. The van der Waals surface area contributed by atoms with Crippen LogP contribution in [0.1, 0.15) is 11.1 Å². The standard InChI is InChI=1S/C8H7BrFN/c1-5-2-7(9)3-6(4-11)8(5)10/h2-4,11H,1H3. The lowest BCUT2D eigenvalue weighted by molar-refractivity contribution is 0.616. The van der Waals surface area contributed by atoms with Gasteiger partial charge in [0, 0.05) is 16.3 Å². The highest BCUT2D eigenvalue weighted by atomic mass is 79.9. The molecule has 0 fully saturated rings. The summed E-state index contributed by atoms with van der Waals surface area (Å²) in [6.45, 7) is 1.67. The van der Waals surface area contributed by atoms with Crippen molar-refractivity contribution in [1.29, 1.82) is 5.41 Å². The van der Waals surface area contributed by atoms with Crippen LogP contribution in [0.5, 0.6) is 0 Å². The van der Waals surface area contributed by atoms with E-state index in [9.17, 15) is 4.39 Å². The lowest BCUT2D eigenvalue weighted by Crippen LogP contribution is -1.90. The molecule has 0 amide bonds. The number of hydrogen-bond donors (Lipinski definition) is 1. The summed E-state index contributed by atoms with van der Waals surface area (Å²) in [5, 5.41) is 6.89. The van der Waals surface area contributed by atoms with Gasteiger partial charge in [0.25, 0.3) is 0 Å². The number of rotatable bonds is 1. The Labute approximate surface area is 72.9 Å². The number of nitrogens with one attached hydrogen (secondary N) is 1. The zero-order chi connectivity index (χ0) is 8.43. The number of aryl methyl sites for hydroxylation is 1. The third kappa shape index (κ3) is 1.66. The Morgan fingerprint density at radius 2 is 2.18 bits per heavy atom. The van der Waals surface area contributed by atoms with Gasteiger partial charge in [-0.05, 0) is 24.6 Å². The minimum absolute atomic E-state index is 0.316. The van der Waals surface area contributed by atoms with Crippen molar-refractivity contribution in [3.05, 3.63) is 33.5 Å². The highest BCUT2D eigenvalue weighted by molar-refractivity contribution is 9.10. The summed E-state index contributed by atoms with van der Waals surface area (Å²) in [4.78, 5) is 0. The van der Waals surface area contributed by atoms with Crippen LogP contribution in [0, 0.1) is 18.2 Å². The van der Waals surface area contributed by atoms with E-state index in [0.29, 0.717) is 11.1 Å². The molecule has 0 radical (unpaired) electrons. The van der Waals surface area contributed by atoms with E-state index in [1.54, 1.807) is 19.1 Å². The predicted octanol–water partition coefficient (Wildman–Crippen LogP) is 2.89. The summed E-state index contributed by atoms with van der Waals surface area (Å²) in [5.41, 5.74) is 0.870. The summed E-state index contributed by atoms with van der Waals surface area (Å²) in [7, 11) is 0. The fourth-order valence-electron chi connectivity index (χ4n) is 0.856. The van der Waals surface area contributed by atoms with Gasteiger partial charge in [0.1, 0.15) is 5.82 Å². The molecule has 11 heavy (non-hydrogen) atoms. The van der Waals surface area contributed by atoms with Gasteiger partial charge in [-0.25, -0.2) is 4.39 Å². The molecule has 0 aliphatic heterocycles. The quantitative estimate of drug-likeness (QED) is 0.698. The van der Waals surface area contributed by atoms with Crippen LogP contribution in [0.2, 0.25) is 0 Å². The second-order valence-electron chi connectivity index (χ2n) is 2.27. The fourth-order valence-corrected chi connectivity index (χ4v) is 1.45. The maximum absolute atomic E-state index is 13.0. The van der Waals surface area contributed by atoms with Crippen molar-refractivity contribution in [2.45, 2.75) is 6.92 Å². The Morgan fingerprint density at radius 3 is 2.73 bits per heavy atom. The molecule has 0 heterocycles. The van der Waals surface area contributed by atoms with Crippen molar-refractivity contribution in [1.82, 2.24) is 0 Å². The molecule has 1 aromatic carbocycles. The first-order valence-electron chi connectivity index (χ1n) is 3.11. The fraction of sp³-hybridized carbons (Fsp3) is 0.125. The molecule has 0 aromatic heterocycles. The molecule has 3 heteroatoms. The summed E-state index contributed by atoms with van der Waals surface area (Å²) in [5.74, 6) is -0.316. The molecule has 0 unspecified atom stereocenters. The lowest BCUT2D eigenvalue weighted by Gasteiger charge is -2.00. The molecular weight excluding hydrogens is 209 g/mol. The Kier molecular flexibility index (Phi) is 2.39. The van der Waals surface area contributed by atoms with E-state index in [-0.39, 0.29) is 5.82 Å². The first kappa shape index (κ1) is 8.40. The number of benzene rings is 1. The normalized spacial score (nSPS) is 9.73. The highest BCUT2D eigenvalue weighted by Gasteiger charge is 2.03. The second-order valence-corrected chi connectivity index (χ2v) is 3.19. The number of halogens is 2. The molecule has 0 aliphatic rings.